The first-order valence-electron chi connectivity index (χ1n) is 15.3. The molecule has 2 aromatic carbocycles. The number of benzene rings is 2. The molecule has 13 heteroatoms. The molecular weight excluding hydrogens is 602 g/mol. The number of carbonyl (C=O) groups excluding carboxylic acids is 1. The zero-order chi connectivity index (χ0) is 31.3. The summed E-state index contributed by atoms with van der Waals surface area (Å²) >= 11 is 6.06. The molecule has 5 rings (SSSR count). The van der Waals surface area contributed by atoms with Crippen LogP contribution in [-0.4, -0.2) is 66.3 Å². The number of fused-ring (bicyclic) bond motifs is 2. The zero-order valence-corrected chi connectivity index (χ0v) is 27.0. The van der Waals surface area contributed by atoms with Crippen LogP contribution in [0.25, 0.3) is 16.6 Å². The maximum atomic E-state index is 13.2. The fourth-order valence-electron chi connectivity index (χ4n) is 5.70. The zero-order valence-electron chi connectivity index (χ0n) is 25.4. The second-order valence-corrected chi connectivity index (χ2v) is 13.2. The third-order valence-corrected chi connectivity index (χ3v) is 9.76. The minimum Gasteiger partial charge on any atom is -0.465 e. The lowest BCUT2D eigenvalue weighted by Gasteiger charge is -2.25. The molecule has 1 saturated carbocycles. The molecule has 1 atom stereocenters. The second-order valence-electron chi connectivity index (χ2n) is 11.0. The van der Waals surface area contributed by atoms with E-state index in [-0.39, 0.29) is 24.6 Å². The van der Waals surface area contributed by atoms with E-state index in [4.69, 9.17) is 31.4 Å². The number of halogens is 1. The number of sulfonamides is 1. The van der Waals surface area contributed by atoms with Gasteiger partial charge in [-0.3, -0.25) is 10.1 Å². The normalized spacial score (nSPS) is 15.1. The monoisotopic (exact) mass is 641 g/mol. The molecule has 1 aliphatic carbocycles. The highest BCUT2D eigenvalue weighted by atomic mass is 35.5. The maximum absolute atomic E-state index is 13.2. The quantitative estimate of drug-likeness (QED) is 0.197. The van der Waals surface area contributed by atoms with Crippen molar-refractivity contribution >= 4 is 50.0 Å². The number of rotatable bonds is 13. The minimum atomic E-state index is -3.93. The van der Waals surface area contributed by atoms with Gasteiger partial charge in [0.15, 0.2) is 5.82 Å². The molecule has 0 radical (unpaired) electrons. The number of hydrogen-bond donors (Lipinski definition) is 2. The average molecular weight is 642 g/mol. The maximum Gasteiger partial charge on any atom is 0.324 e. The lowest BCUT2D eigenvalue weighted by atomic mass is 9.87. The fourth-order valence-corrected chi connectivity index (χ4v) is 6.96. The summed E-state index contributed by atoms with van der Waals surface area (Å²) < 4.78 is 35.9. The summed E-state index contributed by atoms with van der Waals surface area (Å²) in [4.78, 5) is 24.7. The first-order chi connectivity index (χ1) is 21.2. The van der Waals surface area contributed by atoms with Crippen molar-refractivity contribution in [3.8, 4) is 0 Å². The summed E-state index contributed by atoms with van der Waals surface area (Å²) in [6.07, 6.45) is 5.91. The second kappa shape index (κ2) is 14.2. The first-order valence-corrected chi connectivity index (χ1v) is 17.2. The van der Waals surface area contributed by atoms with Gasteiger partial charge in [0.1, 0.15) is 11.9 Å². The Morgan fingerprint density at radius 1 is 1.05 bits per heavy atom. The van der Waals surface area contributed by atoms with Crippen molar-refractivity contribution in [2.75, 3.05) is 31.1 Å². The van der Waals surface area contributed by atoms with E-state index < -0.39 is 22.0 Å². The van der Waals surface area contributed by atoms with Gasteiger partial charge in [-0.2, -0.15) is 9.50 Å². The van der Waals surface area contributed by atoms with Gasteiger partial charge in [-0.05, 0) is 68.7 Å². The van der Waals surface area contributed by atoms with Crippen LogP contribution in [-0.2, 0) is 26.1 Å². The van der Waals surface area contributed by atoms with Gasteiger partial charge in [0.2, 0.25) is 10.0 Å². The van der Waals surface area contributed by atoms with Crippen LogP contribution < -0.4 is 14.9 Å². The Morgan fingerprint density at radius 3 is 2.50 bits per heavy atom. The van der Waals surface area contributed by atoms with E-state index in [1.165, 1.54) is 25.3 Å². The fraction of sp³-hybridized carbons (Fsp3) is 0.484. The van der Waals surface area contributed by atoms with Crippen LogP contribution in [0, 0.1) is 0 Å². The highest BCUT2D eigenvalue weighted by Crippen LogP contribution is 2.33. The predicted octanol–water partition coefficient (Wildman–Crippen LogP) is 4.82. The molecule has 2 aromatic heterocycles. The Bertz CT molecular complexity index is 1720. The molecule has 0 aliphatic heterocycles. The number of ether oxygens (including phenoxy) is 1. The Labute approximate surface area is 263 Å². The van der Waals surface area contributed by atoms with Gasteiger partial charge < -0.3 is 9.64 Å². The summed E-state index contributed by atoms with van der Waals surface area (Å²) in [7, 11) is -3.93. The lowest BCUT2D eigenvalue weighted by Crippen LogP contribution is -2.46. The molecule has 2 heterocycles. The number of aromatic nitrogens is 4. The highest BCUT2D eigenvalue weighted by Gasteiger charge is 2.25. The van der Waals surface area contributed by atoms with Crippen LogP contribution in [0.1, 0.15) is 70.3 Å². The van der Waals surface area contributed by atoms with Crippen molar-refractivity contribution in [1.29, 1.82) is 0 Å². The highest BCUT2D eigenvalue weighted by molar-refractivity contribution is 7.89. The number of nitrogens with zero attached hydrogens (tertiary/aromatic N) is 5. The van der Waals surface area contributed by atoms with Crippen molar-refractivity contribution in [2.24, 2.45) is 0 Å². The smallest absolute Gasteiger partial charge is 0.324 e. The molecule has 236 valence electrons. The van der Waals surface area contributed by atoms with Crippen LogP contribution >= 0.6 is 11.6 Å². The Hall–Kier alpha value is -3.32. The topological polar surface area (TPSA) is 131 Å². The van der Waals surface area contributed by atoms with Gasteiger partial charge in [-0.1, -0.05) is 43.0 Å². The molecule has 0 spiro atoms. The van der Waals surface area contributed by atoms with Crippen molar-refractivity contribution < 1.29 is 17.9 Å². The number of anilines is 1. The molecule has 1 unspecified atom stereocenters. The van der Waals surface area contributed by atoms with Gasteiger partial charge in [0, 0.05) is 36.6 Å². The molecular formula is C31H40ClN7O4S. The summed E-state index contributed by atoms with van der Waals surface area (Å²) in [6, 6.07) is 11.2. The van der Waals surface area contributed by atoms with Crippen molar-refractivity contribution in [1.82, 2.24) is 29.6 Å². The Morgan fingerprint density at radius 2 is 1.77 bits per heavy atom. The van der Waals surface area contributed by atoms with E-state index in [2.05, 4.69) is 34.9 Å². The molecule has 1 aliphatic rings. The standard InChI is InChI=1S/C31H40ClN7O4S/c1-4-38(5-2)29-18-26(21-10-8-7-9-11-21)35-31-36-28(37-39(29)31)20-33-27(30(40)43-6-3)19-34-44(41,42)25-15-13-22-16-24(32)14-12-23(22)17-25/h12-18,21,27,33-34H,4-11,19-20H2,1-3H3. The number of carbonyl (C=O) groups is 1. The van der Waals surface area contributed by atoms with Gasteiger partial charge in [0.05, 0.1) is 23.7 Å². The van der Waals surface area contributed by atoms with Gasteiger partial charge in [0.25, 0.3) is 5.78 Å². The average Bonchev–Trinajstić information content (AvgIpc) is 3.45. The number of hydrogen-bond acceptors (Lipinski definition) is 9. The molecule has 1 fully saturated rings. The van der Waals surface area contributed by atoms with E-state index in [0.29, 0.717) is 22.5 Å². The van der Waals surface area contributed by atoms with E-state index >= 15 is 0 Å². The molecule has 11 nitrogen and oxygen atoms in total. The third-order valence-electron chi connectivity index (χ3n) is 8.11. The Balaban J connectivity index is 1.35. The van der Waals surface area contributed by atoms with Crippen molar-refractivity contribution in [3.05, 3.63) is 59.0 Å². The van der Waals surface area contributed by atoms with Crippen LogP contribution in [0.5, 0.6) is 0 Å². The molecule has 4 aromatic rings. The SMILES string of the molecule is CCOC(=O)C(CNS(=O)(=O)c1ccc2cc(Cl)ccc2c1)NCc1nc2nc(C3CCCCC3)cc(N(CC)CC)n2n1. The van der Waals surface area contributed by atoms with Crippen molar-refractivity contribution in [2.45, 2.75) is 76.3 Å². The van der Waals surface area contributed by atoms with Gasteiger partial charge in [-0.25, -0.2) is 18.1 Å². The first kappa shape index (κ1) is 32.1. The third kappa shape index (κ3) is 7.31. The van der Waals surface area contributed by atoms with Crippen LogP contribution in [0.3, 0.4) is 0 Å². The summed E-state index contributed by atoms with van der Waals surface area (Å²) in [5.74, 6) is 1.72. The summed E-state index contributed by atoms with van der Waals surface area (Å²) in [6.45, 7) is 7.58. The predicted molar refractivity (Wildman–Crippen MR) is 172 cm³/mol. The lowest BCUT2D eigenvalue weighted by molar-refractivity contribution is -0.145. The van der Waals surface area contributed by atoms with Crippen LogP contribution in [0.4, 0.5) is 5.82 Å². The van der Waals surface area contributed by atoms with Gasteiger partial charge in [-0.15, -0.1) is 5.10 Å². The number of esters is 1. The van der Waals surface area contributed by atoms with Crippen molar-refractivity contribution in [3.63, 3.8) is 0 Å². The minimum absolute atomic E-state index is 0.0840. The number of nitrogens with one attached hydrogen (secondary N) is 2. The van der Waals surface area contributed by atoms with Crippen LogP contribution in [0.2, 0.25) is 5.02 Å². The van der Waals surface area contributed by atoms with E-state index in [1.807, 2.05) is 0 Å². The largest absolute Gasteiger partial charge is 0.465 e. The molecule has 0 saturated heterocycles. The van der Waals surface area contributed by atoms with E-state index in [9.17, 15) is 13.2 Å². The molecule has 0 amide bonds. The molecule has 2 N–H and O–H groups in total. The molecule has 44 heavy (non-hydrogen) atoms. The molecule has 0 bridgehead atoms. The summed E-state index contributed by atoms with van der Waals surface area (Å²) in [5, 5.41) is 9.95. The summed E-state index contributed by atoms with van der Waals surface area (Å²) in [5.41, 5.74) is 1.04. The van der Waals surface area contributed by atoms with E-state index in [1.54, 1.807) is 41.8 Å². The van der Waals surface area contributed by atoms with Crippen LogP contribution in [0.15, 0.2) is 47.4 Å². The van der Waals surface area contributed by atoms with Gasteiger partial charge >= 0.3 is 5.97 Å². The Kier molecular flexibility index (Phi) is 10.3. The van der Waals surface area contributed by atoms with E-state index in [0.717, 1.165) is 48.2 Å².